The highest BCUT2D eigenvalue weighted by Crippen LogP contribution is 2.43. The van der Waals surface area contributed by atoms with Crippen LogP contribution in [0.1, 0.15) is 40.5 Å². The Kier molecular flexibility index (Phi) is 4.23. The van der Waals surface area contributed by atoms with Gasteiger partial charge in [0, 0.05) is 18.5 Å². The van der Waals surface area contributed by atoms with E-state index >= 15 is 0 Å². The summed E-state index contributed by atoms with van der Waals surface area (Å²) in [5.41, 5.74) is 0.164. The number of Topliss-reactive ketones (excluding diaryl/α,β-unsaturated/α-hetero) is 1. The molecule has 1 spiro atoms. The first-order valence-corrected chi connectivity index (χ1v) is 11.9. The molecule has 1 N–H and O–H groups in total. The SMILES string of the molecule is CC(C)(C)C(=O)[C@](C)(N1CCC2(CCNC2)C1)[Si](C)(C)C. The minimum absolute atomic E-state index is 0.253. The third kappa shape index (κ3) is 2.87. The Bertz CT molecular complexity index is 415. The maximum absolute atomic E-state index is 13.3. The first kappa shape index (κ1) is 17.2. The molecule has 2 fully saturated rings. The van der Waals surface area contributed by atoms with Gasteiger partial charge in [-0.1, -0.05) is 40.4 Å². The predicted octanol–water partition coefficient (Wildman–Crippen LogP) is 2.92. The van der Waals surface area contributed by atoms with Gasteiger partial charge >= 0.3 is 0 Å². The summed E-state index contributed by atoms with van der Waals surface area (Å²) in [7, 11) is -1.66. The van der Waals surface area contributed by atoms with Crippen LogP contribution < -0.4 is 5.32 Å². The van der Waals surface area contributed by atoms with Crippen molar-refractivity contribution in [3.05, 3.63) is 0 Å². The molecule has 0 aromatic heterocycles. The number of hydrogen-bond donors (Lipinski definition) is 1. The third-order valence-electron chi connectivity index (χ3n) is 5.99. The summed E-state index contributed by atoms with van der Waals surface area (Å²) >= 11 is 0. The van der Waals surface area contributed by atoms with E-state index in [9.17, 15) is 4.79 Å². The summed E-state index contributed by atoms with van der Waals surface area (Å²) in [6, 6.07) is 0. The van der Waals surface area contributed by atoms with Crippen LogP contribution in [0.15, 0.2) is 0 Å². The maximum atomic E-state index is 13.3. The van der Waals surface area contributed by atoms with Crippen molar-refractivity contribution in [3.63, 3.8) is 0 Å². The number of hydrogen-bond acceptors (Lipinski definition) is 3. The summed E-state index contributed by atoms with van der Waals surface area (Å²) in [4.78, 5) is 15.9. The van der Waals surface area contributed by atoms with Crippen LogP contribution in [0.25, 0.3) is 0 Å². The van der Waals surface area contributed by atoms with Gasteiger partial charge in [-0.3, -0.25) is 9.69 Å². The number of likely N-dealkylation sites (tertiary alicyclic amines) is 1. The van der Waals surface area contributed by atoms with E-state index in [0.717, 1.165) is 26.2 Å². The normalized spacial score (nSPS) is 30.8. The molecule has 0 aliphatic carbocycles. The van der Waals surface area contributed by atoms with Crippen molar-refractivity contribution in [1.82, 2.24) is 10.2 Å². The lowest BCUT2D eigenvalue weighted by Crippen LogP contribution is -2.68. The highest BCUT2D eigenvalue weighted by molar-refractivity contribution is 6.82. The molecule has 4 heteroatoms. The van der Waals surface area contributed by atoms with Crippen LogP contribution in [0.3, 0.4) is 0 Å². The van der Waals surface area contributed by atoms with Crippen LogP contribution >= 0.6 is 0 Å². The summed E-state index contributed by atoms with van der Waals surface area (Å²) in [6.45, 7) is 20.0. The number of carbonyl (C=O) groups excluding carboxylic acids is 1. The molecule has 2 aliphatic heterocycles. The monoisotopic (exact) mass is 310 g/mol. The highest BCUT2D eigenvalue weighted by atomic mass is 28.3. The molecule has 21 heavy (non-hydrogen) atoms. The smallest absolute Gasteiger partial charge is 0.154 e. The second kappa shape index (κ2) is 5.17. The number of carbonyl (C=O) groups is 1. The van der Waals surface area contributed by atoms with Crippen molar-refractivity contribution in [2.24, 2.45) is 10.8 Å². The van der Waals surface area contributed by atoms with Gasteiger partial charge in [-0.25, -0.2) is 0 Å². The molecule has 2 heterocycles. The molecule has 0 radical (unpaired) electrons. The second-order valence-electron chi connectivity index (χ2n) is 9.50. The lowest BCUT2D eigenvalue weighted by Gasteiger charge is -2.49. The van der Waals surface area contributed by atoms with Gasteiger partial charge in [-0.05, 0) is 38.3 Å². The van der Waals surface area contributed by atoms with Gasteiger partial charge in [0.15, 0.2) is 5.78 Å². The third-order valence-corrected chi connectivity index (χ3v) is 9.45. The van der Waals surface area contributed by atoms with Crippen molar-refractivity contribution in [2.75, 3.05) is 26.2 Å². The molecule has 0 saturated carbocycles. The fourth-order valence-corrected chi connectivity index (χ4v) is 6.35. The van der Waals surface area contributed by atoms with Crippen LogP contribution in [0.2, 0.25) is 19.6 Å². The van der Waals surface area contributed by atoms with Crippen LogP contribution in [-0.2, 0) is 4.79 Å². The zero-order valence-corrected chi connectivity index (χ0v) is 16.1. The van der Waals surface area contributed by atoms with Crippen molar-refractivity contribution >= 4 is 13.9 Å². The fraction of sp³-hybridized carbons (Fsp3) is 0.941. The van der Waals surface area contributed by atoms with Crippen LogP contribution in [0, 0.1) is 10.8 Å². The van der Waals surface area contributed by atoms with Gasteiger partial charge in [-0.15, -0.1) is 0 Å². The highest BCUT2D eigenvalue weighted by Gasteiger charge is 2.56. The van der Waals surface area contributed by atoms with E-state index in [1.807, 2.05) is 0 Å². The summed E-state index contributed by atoms with van der Waals surface area (Å²) in [5, 5.41) is 3.27. The van der Waals surface area contributed by atoms with E-state index in [1.54, 1.807) is 0 Å². The molecule has 0 aromatic carbocycles. The predicted molar refractivity (Wildman–Crippen MR) is 92.3 cm³/mol. The number of nitrogens with one attached hydrogen (secondary N) is 1. The lowest BCUT2D eigenvalue weighted by atomic mass is 9.85. The molecule has 0 bridgehead atoms. The van der Waals surface area contributed by atoms with Crippen LogP contribution in [0.5, 0.6) is 0 Å². The Balaban J connectivity index is 2.32. The van der Waals surface area contributed by atoms with E-state index in [-0.39, 0.29) is 10.6 Å². The Morgan fingerprint density at radius 1 is 1.14 bits per heavy atom. The second-order valence-corrected chi connectivity index (χ2v) is 15.0. The van der Waals surface area contributed by atoms with Crippen molar-refractivity contribution in [1.29, 1.82) is 0 Å². The van der Waals surface area contributed by atoms with E-state index in [2.05, 4.69) is 57.6 Å². The van der Waals surface area contributed by atoms with E-state index in [1.165, 1.54) is 12.8 Å². The number of nitrogens with zero attached hydrogens (tertiary/aromatic N) is 1. The Morgan fingerprint density at radius 2 is 1.76 bits per heavy atom. The molecule has 3 nitrogen and oxygen atoms in total. The topological polar surface area (TPSA) is 32.3 Å². The largest absolute Gasteiger partial charge is 0.316 e. The first-order chi connectivity index (χ1) is 9.42. The molecule has 0 aromatic rings. The zero-order chi connectivity index (χ0) is 16.1. The number of ketones is 1. The molecule has 2 rings (SSSR count). The van der Waals surface area contributed by atoms with Crippen molar-refractivity contribution in [2.45, 2.75) is 65.3 Å². The van der Waals surface area contributed by atoms with E-state index < -0.39 is 8.07 Å². The fourth-order valence-electron chi connectivity index (χ4n) is 4.15. The average Bonchev–Trinajstić information content (AvgIpc) is 2.96. The Labute approximate surface area is 131 Å². The van der Waals surface area contributed by atoms with Gasteiger partial charge in [0.05, 0.1) is 13.2 Å². The molecule has 2 aliphatic rings. The Hall–Kier alpha value is -0.193. The van der Waals surface area contributed by atoms with Gasteiger partial charge < -0.3 is 5.32 Å². The van der Waals surface area contributed by atoms with Gasteiger partial charge in [-0.2, -0.15) is 0 Å². The lowest BCUT2D eigenvalue weighted by molar-refractivity contribution is -0.133. The molecule has 0 amide bonds. The summed E-state index contributed by atoms with van der Waals surface area (Å²) < 4.78 is 0. The summed E-state index contributed by atoms with van der Waals surface area (Å²) in [5.74, 6) is 0.442. The standard InChI is InChI=1S/C17H34N2OSi/c1-15(2,3)14(20)16(4,21(5,6)7)19-11-9-17(13-19)8-10-18-12-17/h18H,8-13H2,1-7H3/t16-,17?/m1/s1. The molecular weight excluding hydrogens is 276 g/mol. The molecule has 2 atom stereocenters. The molecule has 1 unspecified atom stereocenters. The maximum Gasteiger partial charge on any atom is 0.154 e. The molecule has 122 valence electrons. The van der Waals surface area contributed by atoms with Gasteiger partial charge in [0.1, 0.15) is 0 Å². The number of rotatable bonds is 3. The van der Waals surface area contributed by atoms with Crippen LogP contribution in [0.4, 0.5) is 0 Å². The summed E-state index contributed by atoms with van der Waals surface area (Å²) in [6.07, 6.45) is 2.52. The minimum Gasteiger partial charge on any atom is -0.316 e. The molecular formula is C17H34N2OSi. The van der Waals surface area contributed by atoms with Crippen LogP contribution in [-0.4, -0.2) is 50.1 Å². The van der Waals surface area contributed by atoms with Crippen molar-refractivity contribution < 1.29 is 4.79 Å². The zero-order valence-electron chi connectivity index (χ0n) is 15.1. The van der Waals surface area contributed by atoms with E-state index in [0.29, 0.717) is 11.2 Å². The van der Waals surface area contributed by atoms with Crippen molar-refractivity contribution in [3.8, 4) is 0 Å². The van der Waals surface area contributed by atoms with E-state index in [4.69, 9.17) is 0 Å². The van der Waals surface area contributed by atoms with Gasteiger partial charge in [0.2, 0.25) is 0 Å². The molecule has 2 saturated heterocycles. The quantitative estimate of drug-likeness (QED) is 0.814. The minimum atomic E-state index is -1.66. The average molecular weight is 311 g/mol. The first-order valence-electron chi connectivity index (χ1n) is 8.43. The van der Waals surface area contributed by atoms with Gasteiger partial charge in [0.25, 0.3) is 0 Å². The Morgan fingerprint density at radius 3 is 2.19 bits per heavy atom.